The molecule has 74 valence electrons. The van der Waals surface area contributed by atoms with Gasteiger partial charge in [0.25, 0.3) is 0 Å². The molecule has 0 aliphatic rings. The SMILES string of the molecule is CCCCc1cc[n+](C)c(C)c1.[I-]. The van der Waals surface area contributed by atoms with Crippen LogP contribution in [0.4, 0.5) is 0 Å². The second-order valence-corrected chi connectivity index (χ2v) is 3.39. The highest BCUT2D eigenvalue weighted by molar-refractivity contribution is 5.11. The Bertz CT molecular complexity index is 258. The van der Waals surface area contributed by atoms with Crippen molar-refractivity contribution in [1.29, 1.82) is 0 Å². The van der Waals surface area contributed by atoms with Gasteiger partial charge in [-0.15, -0.1) is 0 Å². The van der Waals surface area contributed by atoms with Gasteiger partial charge in [-0.25, -0.2) is 4.57 Å². The molecule has 1 aromatic rings. The summed E-state index contributed by atoms with van der Waals surface area (Å²) >= 11 is 0. The van der Waals surface area contributed by atoms with Crippen LogP contribution in [0.25, 0.3) is 0 Å². The normalized spacial score (nSPS) is 9.46. The Morgan fingerprint density at radius 3 is 2.62 bits per heavy atom. The van der Waals surface area contributed by atoms with Gasteiger partial charge in [0.15, 0.2) is 11.9 Å². The number of unbranched alkanes of at least 4 members (excludes halogenated alkanes) is 1. The van der Waals surface area contributed by atoms with Crippen molar-refractivity contribution in [3.8, 4) is 0 Å². The standard InChI is InChI=1S/C11H18N.HI/c1-4-5-6-11-7-8-12(3)10(2)9-11;/h7-9H,4-6H2,1-3H3;1H/q+1;/p-1. The van der Waals surface area contributed by atoms with E-state index in [2.05, 4.69) is 43.8 Å². The van der Waals surface area contributed by atoms with E-state index in [1.807, 2.05) is 0 Å². The molecule has 0 aromatic carbocycles. The Hall–Kier alpha value is -0.120. The summed E-state index contributed by atoms with van der Waals surface area (Å²) in [7, 11) is 2.08. The summed E-state index contributed by atoms with van der Waals surface area (Å²) in [5, 5.41) is 0. The van der Waals surface area contributed by atoms with E-state index in [9.17, 15) is 0 Å². The highest BCUT2D eigenvalue weighted by Crippen LogP contribution is 2.04. The van der Waals surface area contributed by atoms with E-state index in [0.717, 1.165) is 0 Å². The lowest BCUT2D eigenvalue weighted by molar-refractivity contribution is -0.677. The predicted molar refractivity (Wildman–Crippen MR) is 51.0 cm³/mol. The highest BCUT2D eigenvalue weighted by atomic mass is 127. The Balaban J connectivity index is 0.00000144. The van der Waals surface area contributed by atoms with Crippen LogP contribution in [0.1, 0.15) is 31.0 Å². The molecule has 0 saturated heterocycles. The van der Waals surface area contributed by atoms with Gasteiger partial charge in [-0.05, 0) is 18.4 Å². The van der Waals surface area contributed by atoms with Gasteiger partial charge < -0.3 is 24.0 Å². The molecule has 13 heavy (non-hydrogen) atoms. The van der Waals surface area contributed by atoms with Crippen LogP contribution in [0, 0.1) is 6.92 Å². The first kappa shape index (κ1) is 12.9. The van der Waals surface area contributed by atoms with Crippen molar-refractivity contribution in [1.82, 2.24) is 0 Å². The van der Waals surface area contributed by atoms with Crippen LogP contribution in [0.3, 0.4) is 0 Å². The average molecular weight is 291 g/mol. The summed E-state index contributed by atoms with van der Waals surface area (Å²) in [5.41, 5.74) is 2.80. The Labute approximate surface area is 98.2 Å². The van der Waals surface area contributed by atoms with Crippen molar-refractivity contribution >= 4 is 0 Å². The molecule has 0 bridgehead atoms. The number of halogens is 1. The molecule has 0 saturated carbocycles. The highest BCUT2D eigenvalue weighted by Gasteiger charge is 2.00. The van der Waals surface area contributed by atoms with E-state index in [0.29, 0.717) is 0 Å². The summed E-state index contributed by atoms with van der Waals surface area (Å²) in [6.45, 7) is 4.38. The topological polar surface area (TPSA) is 3.88 Å². The molecule has 1 heterocycles. The maximum atomic E-state index is 2.27. The van der Waals surface area contributed by atoms with Gasteiger partial charge in [-0.1, -0.05) is 13.3 Å². The van der Waals surface area contributed by atoms with Crippen LogP contribution in [0.15, 0.2) is 18.3 Å². The summed E-state index contributed by atoms with van der Waals surface area (Å²) in [6.07, 6.45) is 5.94. The van der Waals surface area contributed by atoms with Crippen LogP contribution in [0.2, 0.25) is 0 Å². The van der Waals surface area contributed by atoms with Crippen molar-refractivity contribution in [3.05, 3.63) is 29.6 Å². The molecule has 0 unspecified atom stereocenters. The smallest absolute Gasteiger partial charge is 0.178 e. The van der Waals surface area contributed by atoms with Gasteiger partial charge in [-0.2, -0.15) is 0 Å². The number of aryl methyl sites for hydroxylation is 3. The molecule has 0 aliphatic carbocycles. The predicted octanol–water partition coefficient (Wildman–Crippen LogP) is -0.834. The maximum absolute atomic E-state index is 2.27. The lowest BCUT2D eigenvalue weighted by Crippen LogP contribution is -3.00. The summed E-state index contributed by atoms with van der Waals surface area (Å²) < 4.78 is 2.15. The van der Waals surface area contributed by atoms with Crippen molar-refractivity contribution in [2.45, 2.75) is 33.1 Å². The molecule has 1 rings (SSSR count). The van der Waals surface area contributed by atoms with Gasteiger partial charge in [0, 0.05) is 19.1 Å². The van der Waals surface area contributed by atoms with Crippen LogP contribution >= 0.6 is 0 Å². The zero-order valence-corrected chi connectivity index (χ0v) is 10.8. The zero-order chi connectivity index (χ0) is 8.97. The van der Waals surface area contributed by atoms with Gasteiger partial charge in [-0.3, -0.25) is 0 Å². The van der Waals surface area contributed by atoms with Crippen molar-refractivity contribution in [2.75, 3.05) is 0 Å². The van der Waals surface area contributed by atoms with Crippen LogP contribution in [-0.2, 0) is 13.5 Å². The number of nitrogens with zero attached hydrogens (tertiary/aromatic N) is 1. The molecule has 0 aliphatic heterocycles. The molecule has 0 spiro atoms. The largest absolute Gasteiger partial charge is 1.00 e. The van der Waals surface area contributed by atoms with Crippen LogP contribution < -0.4 is 28.5 Å². The number of hydrogen-bond acceptors (Lipinski definition) is 0. The second-order valence-electron chi connectivity index (χ2n) is 3.39. The molecule has 0 atom stereocenters. The fraction of sp³-hybridized carbons (Fsp3) is 0.545. The molecule has 0 radical (unpaired) electrons. The fourth-order valence-electron chi connectivity index (χ4n) is 1.28. The monoisotopic (exact) mass is 291 g/mol. The third kappa shape index (κ3) is 4.07. The Morgan fingerprint density at radius 1 is 1.38 bits per heavy atom. The fourth-order valence-corrected chi connectivity index (χ4v) is 1.28. The first-order valence-corrected chi connectivity index (χ1v) is 4.69. The molecule has 1 aromatic heterocycles. The summed E-state index contributed by atoms with van der Waals surface area (Å²) in [4.78, 5) is 0. The molecule has 0 N–H and O–H groups in total. The molecular weight excluding hydrogens is 273 g/mol. The first-order chi connectivity index (χ1) is 5.74. The second kappa shape index (κ2) is 6.35. The van der Waals surface area contributed by atoms with E-state index in [1.165, 1.54) is 30.5 Å². The van der Waals surface area contributed by atoms with E-state index in [1.54, 1.807) is 0 Å². The quantitative estimate of drug-likeness (QED) is 0.505. The molecule has 0 fully saturated rings. The van der Waals surface area contributed by atoms with E-state index in [4.69, 9.17) is 0 Å². The molecule has 0 amide bonds. The Morgan fingerprint density at radius 2 is 2.08 bits per heavy atom. The number of hydrogen-bond donors (Lipinski definition) is 0. The van der Waals surface area contributed by atoms with Gasteiger partial charge in [0.1, 0.15) is 7.05 Å². The average Bonchev–Trinajstić information content (AvgIpc) is 2.07. The van der Waals surface area contributed by atoms with Gasteiger partial charge >= 0.3 is 0 Å². The summed E-state index contributed by atoms with van der Waals surface area (Å²) in [6, 6.07) is 4.48. The van der Waals surface area contributed by atoms with E-state index < -0.39 is 0 Å². The van der Waals surface area contributed by atoms with Crippen molar-refractivity contribution in [2.24, 2.45) is 7.05 Å². The summed E-state index contributed by atoms with van der Waals surface area (Å²) in [5.74, 6) is 0. The van der Waals surface area contributed by atoms with E-state index >= 15 is 0 Å². The lowest BCUT2D eigenvalue weighted by atomic mass is 10.1. The molecule has 2 heteroatoms. The van der Waals surface area contributed by atoms with E-state index in [-0.39, 0.29) is 24.0 Å². The third-order valence-corrected chi connectivity index (χ3v) is 2.28. The van der Waals surface area contributed by atoms with Crippen molar-refractivity contribution < 1.29 is 28.5 Å². The number of aromatic nitrogens is 1. The molecule has 1 nitrogen and oxygen atoms in total. The zero-order valence-electron chi connectivity index (χ0n) is 8.68. The van der Waals surface area contributed by atoms with Crippen LogP contribution in [0.5, 0.6) is 0 Å². The Kier molecular flexibility index (Phi) is 6.29. The van der Waals surface area contributed by atoms with Crippen LogP contribution in [-0.4, -0.2) is 0 Å². The number of rotatable bonds is 3. The number of pyridine rings is 1. The maximum Gasteiger partial charge on any atom is 0.178 e. The lowest BCUT2D eigenvalue weighted by Gasteiger charge is -1.99. The molecular formula is C11H18IN. The van der Waals surface area contributed by atoms with Gasteiger partial charge in [0.05, 0.1) is 0 Å². The third-order valence-electron chi connectivity index (χ3n) is 2.28. The van der Waals surface area contributed by atoms with Gasteiger partial charge in [0.2, 0.25) is 0 Å². The first-order valence-electron chi connectivity index (χ1n) is 4.69. The minimum Gasteiger partial charge on any atom is -1.00 e. The minimum atomic E-state index is 0. The minimum absolute atomic E-state index is 0. The van der Waals surface area contributed by atoms with Crippen molar-refractivity contribution in [3.63, 3.8) is 0 Å².